The van der Waals surface area contributed by atoms with Crippen LogP contribution in [0.15, 0.2) is 0 Å². The highest BCUT2D eigenvalue weighted by Gasteiger charge is 2.21. The Morgan fingerprint density at radius 1 is 1.47 bits per heavy atom. The van der Waals surface area contributed by atoms with Gasteiger partial charge in [-0.3, -0.25) is 4.79 Å². The predicted octanol–water partition coefficient (Wildman–Crippen LogP) is 1.69. The first-order valence-corrected chi connectivity index (χ1v) is 6.57. The van der Waals surface area contributed by atoms with Crippen molar-refractivity contribution in [3.8, 4) is 0 Å². The van der Waals surface area contributed by atoms with Crippen molar-refractivity contribution in [2.75, 3.05) is 33.4 Å². The molecule has 1 rings (SSSR count). The van der Waals surface area contributed by atoms with Gasteiger partial charge in [0.1, 0.15) is 0 Å². The maximum atomic E-state index is 11.3. The molecule has 1 saturated carbocycles. The quantitative estimate of drug-likeness (QED) is 0.456. The maximum absolute atomic E-state index is 11.3. The van der Waals surface area contributed by atoms with E-state index >= 15 is 0 Å². The number of nitrogens with zero attached hydrogens (tertiary/aromatic N) is 1. The molecule has 1 unspecified atom stereocenters. The van der Waals surface area contributed by atoms with Crippen LogP contribution in [0.2, 0.25) is 0 Å². The van der Waals surface area contributed by atoms with Gasteiger partial charge in [-0.2, -0.15) is 0 Å². The molecular weight excluding hydrogens is 218 g/mol. The van der Waals surface area contributed by atoms with Crippen LogP contribution in [-0.4, -0.2) is 50.3 Å². The summed E-state index contributed by atoms with van der Waals surface area (Å²) in [7, 11) is 2.02. The molecule has 0 aromatic heterocycles. The number of esters is 1. The number of hydrogen-bond donors (Lipinski definition) is 0. The lowest BCUT2D eigenvalue weighted by molar-refractivity contribution is -0.144. The molecule has 0 heterocycles. The third-order valence-electron chi connectivity index (χ3n) is 3.16. The average Bonchev–Trinajstić information content (AvgIpc) is 3.08. The summed E-state index contributed by atoms with van der Waals surface area (Å²) in [6.45, 7) is 6.85. The average molecular weight is 243 g/mol. The van der Waals surface area contributed by atoms with E-state index in [0.29, 0.717) is 13.0 Å². The molecule has 100 valence electrons. The summed E-state index contributed by atoms with van der Waals surface area (Å²) < 4.78 is 10.5. The minimum absolute atomic E-state index is 0.120. The molecule has 0 aromatic rings. The van der Waals surface area contributed by atoms with Crippen LogP contribution in [0.4, 0.5) is 0 Å². The van der Waals surface area contributed by atoms with E-state index < -0.39 is 0 Å². The molecule has 4 nitrogen and oxygen atoms in total. The van der Waals surface area contributed by atoms with Gasteiger partial charge in [0.2, 0.25) is 0 Å². The van der Waals surface area contributed by atoms with E-state index in [1.54, 1.807) is 0 Å². The number of rotatable bonds is 9. The molecule has 0 spiro atoms. The molecule has 1 aliphatic rings. The summed E-state index contributed by atoms with van der Waals surface area (Å²) >= 11 is 0. The van der Waals surface area contributed by atoms with Crippen molar-refractivity contribution in [3.63, 3.8) is 0 Å². The first-order valence-electron chi connectivity index (χ1n) is 6.57. The summed E-state index contributed by atoms with van der Waals surface area (Å²) in [6.07, 6.45) is 3.11. The number of carbonyl (C=O) groups is 1. The van der Waals surface area contributed by atoms with Gasteiger partial charge in [0.15, 0.2) is 0 Å². The molecule has 0 saturated heterocycles. The van der Waals surface area contributed by atoms with Crippen molar-refractivity contribution in [1.82, 2.24) is 4.90 Å². The van der Waals surface area contributed by atoms with Gasteiger partial charge >= 0.3 is 5.97 Å². The van der Waals surface area contributed by atoms with E-state index in [1.807, 2.05) is 20.9 Å². The molecule has 4 heteroatoms. The van der Waals surface area contributed by atoms with Crippen LogP contribution in [0, 0.1) is 5.92 Å². The Labute approximate surface area is 104 Å². The van der Waals surface area contributed by atoms with E-state index in [0.717, 1.165) is 25.7 Å². The normalized spacial score (nSPS) is 17.2. The predicted molar refractivity (Wildman–Crippen MR) is 66.9 cm³/mol. The lowest BCUT2D eigenvalue weighted by Gasteiger charge is -2.23. The lowest BCUT2D eigenvalue weighted by atomic mass is 10.2. The minimum Gasteiger partial charge on any atom is -0.466 e. The summed E-state index contributed by atoms with van der Waals surface area (Å²) in [5, 5.41) is 0. The Balaban J connectivity index is 2.03. The van der Waals surface area contributed by atoms with Crippen molar-refractivity contribution in [2.45, 2.75) is 39.2 Å². The number of carbonyl (C=O) groups excluding carboxylic acids is 1. The van der Waals surface area contributed by atoms with Crippen LogP contribution >= 0.6 is 0 Å². The first-order chi connectivity index (χ1) is 8.13. The first kappa shape index (κ1) is 14.5. The van der Waals surface area contributed by atoms with Crippen LogP contribution in [0.3, 0.4) is 0 Å². The second-order valence-electron chi connectivity index (χ2n) is 4.86. The molecule has 0 aromatic carbocycles. The minimum atomic E-state index is -0.120. The molecule has 0 N–H and O–H groups in total. The molecular formula is C13H25NO3. The topological polar surface area (TPSA) is 38.8 Å². The van der Waals surface area contributed by atoms with Gasteiger partial charge in [-0.15, -0.1) is 0 Å². The summed E-state index contributed by atoms with van der Waals surface area (Å²) in [6, 6.07) is 0.207. The molecule has 1 fully saturated rings. The fourth-order valence-corrected chi connectivity index (χ4v) is 1.58. The summed E-state index contributed by atoms with van der Waals surface area (Å²) in [4.78, 5) is 13.4. The number of hydrogen-bond acceptors (Lipinski definition) is 4. The zero-order valence-corrected chi connectivity index (χ0v) is 11.3. The summed E-state index contributed by atoms with van der Waals surface area (Å²) in [5.74, 6) is 0.697. The van der Waals surface area contributed by atoms with Gasteiger partial charge in [-0.25, -0.2) is 0 Å². The maximum Gasteiger partial charge on any atom is 0.307 e. The molecule has 1 atom stereocenters. The van der Waals surface area contributed by atoms with Gasteiger partial charge in [0, 0.05) is 19.2 Å². The Hall–Kier alpha value is -0.610. The Kier molecular flexibility index (Phi) is 6.52. The van der Waals surface area contributed by atoms with Crippen molar-refractivity contribution in [3.05, 3.63) is 0 Å². The van der Waals surface area contributed by atoms with Crippen molar-refractivity contribution >= 4 is 5.97 Å². The smallest absolute Gasteiger partial charge is 0.307 e. The van der Waals surface area contributed by atoms with Crippen LogP contribution in [0.1, 0.15) is 33.1 Å². The molecule has 0 amide bonds. The van der Waals surface area contributed by atoms with Gasteiger partial charge in [0.25, 0.3) is 0 Å². The van der Waals surface area contributed by atoms with Crippen molar-refractivity contribution < 1.29 is 14.3 Å². The largest absolute Gasteiger partial charge is 0.466 e. The van der Waals surface area contributed by atoms with Crippen LogP contribution in [0.25, 0.3) is 0 Å². The van der Waals surface area contributed by atoms with E-state index in [9.17, 15) is 4.79 Å². The van der Waals surface area contributed by atoms with Gasteiger partial charge in [0.05, 0.1) is 19.6 Å². The molecule has 1 aliphatic carbocycles. The fraction of sp³-hybridized carbons (Fsp3) is 0.923. The number of ether oxygens (including phenoxy) is 2. The lowest BCUT2D eigenvalue weighted by Crippen LogP contribution is -2.34. The highest BCUT2D eigenvalue weighted by Crippen LogP contribution is 2.28. The second kappa shape index (κ2) is 7.67. The van der Waals surface area contributed by atoms with Crippen LogP contribution < -0.4 is 0 Å². The SMILES string of the molecule is CCOC(=O)CC(C)N(C)CCOCC1CC1. The van der Waals surface area contributed by atoms with Crippen molar-refractivity contribution in [2.24, 2.45) is 5.92 Å². The third kappa shape index (κ3) is 6.64. The van der Waals surface area contributed by atoms with Crippen LogP contribution in [-0.2, 0) is 14.3 Å². The monoisotopic (exact) mass is 243 g/mol. The highest BCUT2D eigenvalue weighted by molar-refractivity contribution is 5.69. The van der Waals surface area contributed by atoms with E-state index in [1.165, 1.54) is 12.8 Å². The van der Waals surface area contributed by atoms with E-state index in [4.69, 9.17) is 9.47 Å². The Morgan fingerprint density at radius 3 is 2.76 bits per heavy atom. The van der Waals surface area contributed by atoms with Gasteiger partial charge in [-0.1, -0.05) is 0 Å². The van der Waals surface area contributed by atoms with Gasteiger partial charge in [-0.05, 0) is 39.7 Å². The summed E-state index contributed by atoms with van der Waals surface area (Å²) in [5.41, 5.74) is 0. The number of likely N-dealkylation sites (N-methyl/N-ethyl adjacent to an activating group) is 1. The Morgan fingerprint density at radius 2 is 2.18 bits per heavy atom. The van der Waals surface area contributed by atoms with Crippen molar-refractivity contribution in [1.29, 1.82) is 0 Å². The zero-order valence-electron chi connectivity index (χ0n) is 11.3. The molecule has 17 heavy (non-hydrogen) atoms. The fourth-order valence-electron chi connectivity index (χ4n) is 1.58. The molecule has 0 aliphatic heterocycles. The van der Waals surface area contributed by atoms with E-state index in [2.05, 4.69) is 4.90 Å². The third-order valence-corrected chi connectivity index (χ3v) is 3.16. The zero-order chi connectivity index (χ0) is 12.7. The second-order valence-corrected chi connectivity index (χ2v) is 4.86. The van der Waals surface area contributed by atoms with E-state index in [-0.39, 0.29) is 12.0 Å². The van der Waals surface area contributed by atoms with Gasteiger partial charge < -0.3 is 14.4 Å². The molecule has 0 bridgehead atoms. The van der Waals surface area contributed by atoms with Crippen LogP contribution in [0.5, 0.6) is 0 Å². The Bertz CT molecular complexity index is 229. The molecule has 0 radical (unpaired) electrons. The standard InChI is InChI=1S/C13H25NO3/c1-4-17-13(15)9-11(2)14(3)7-8-16-10-12-5-6-12/h11-12H,4-10H2,1-3H3. The highest BCUT2D eigenvalue weighted by atomic mass is 16.5.